The van der Waals surface area contributed by atoms with E-state index >= 15 is 0 Å². The monoisotopic (exact) mass is 323 g/mol. The smallest absolute Gasteiger partial charge is 0.129 e. The molecule has 1 aliphatic carbocycles. The fourth-order valence-electron chi connectivity index (χ4n) is 1.80. The van der Waals surface area contributed by atoms with Crippen molar-refractivity contribution < 1.29 is 0 Å². The van der Waals surface area contributed by atoms with E-state index in [1.807, 2.05) is 25.0 Å². The van der Waals surface area contributed by atoms with Crippen LogP contribution in [-0.2, 0) is 7.05 Å². The summed E-state index contributed by atoms with van der Waals surface area (Å²) in [7, 11) is 1.85. The lowest BCUT2D eigenvalue weighted by molar-refractivity contribution is 0.779. The van der Waals surface area contributed by atoms with Crippen molar-refractivity contribution in [2.24, 2.45) is 7.05 Å². The van der Waals surface area contributed by atoms with Crippen LogP contribution < -0.4 is 5.73 Å². The van der Waals surface area contributed by atoms with Gasteiger partial charge in [-0.15, -0.1) is 11.8 Å². The maximum Gasteiger partial charge on any atom is 0.129 e. The predicted octanol–water partition coefficient (Wildman–Crippen LogP) is 3.69. The third-order valence-corrected chi connectivity index (χ3v) is 5.38. The Hall–Kier alpha value is -0.940. The summed E-state index contributed by atoms with van der Waals surface area (Å²) in [5, 5.41) is 4.99. The van der Waals surface area contributed by atoms with Crippen molar-refractivity contribution in [1.29, 1.82) is 0 Å². The number of halogens is 1. The summed E-state index contributed by atoms with van der Waals surface area (Å²) in [6.45, 7) is 0. The summed E-state index contributed by atoms with van der Waals surface area (Å²) in [5.41, 5.74) is 8.08. The van der Waals surface area contributed by atoms with Gasteiger partial charge in [0.15, 0.2) is 0 Å². The molecule has 3 nitrogen and oxygen atoms in total. The van der Waals surface area contributed by atoms with Crippen LogP contribution in [0.2, 0.25) is 0 Å². The quantitative estimate of drug-likeness (QED) is 0.936. The van der Waals surface area contributed by atoms with E-state index in [1.165, 1.54) is 17.7 Å². The van der Waals surface area contributed by atoms with Crippen molar-refractivity contribution in [2.45, 2.75) is 23.0 Å². The normalized spacial score (nSPS) is 15.0. The van der Waals surface area contributed by atoms with Gasteiger partial charge in [-0.3, -0.25) is 4.68 Å². The molecule has 0 bridgehead atoms. The van der Waals surface area contributed by atoms with Crippen molar-refractivity contribution in [1.82, 2.24) is 9.78 Å². The Balaban J connectivity index is 1.93. The number of nitrogens with two attached hydrogens (primary N) is 1. The van der Waals surface area contributed by atoms with Gasteiger partial charge in [0.2, 0.25) is 0 Å². The van der Waals surface area contributed by atoms with Crippen LogP contribution in [0.1, 0.15) is 12.8 Å². The zero-order valence-corrected chi connectivity index (χ0v) is 12.5. The first-order chi connectivity index (χ1) is 8.65. The molecule has 0 atom stereocenters. The standard InChI is InChI=1S/C13H14BrN3S/c1-17-13(15)10(7-16-17)8-2-5-12(11(14)6-8)18-9-3-4-9/h2,5-7,9H,3-4,15H2,1H3. The maximum atomic E-state index is 5.99. The molecule has 2 aromatic rings. The number of thioether (sulfide) groups is 1. The van der Waals surface area contributed by atoms with Gasteiger partial charge >= 0.3 is 0 Å². The minimum atomic E-state index is 0.699. The summed E-state index contributed by atoms with van der Waals surface area (Å²) in [6, 6.07) is 6.40. The summed E-state index contributed by atoms with van der Waals surface area (Å²) < 4.78 is 2.83. The summed E-state index contributed by atoms with van der Waals surface area (Å²) in [4.78, 5) is 1.31. The van der Waals surface area contributed by atoms with Crippen LogP contribution in [0, 0.1) is 0 Å². The summed E-state index contributed by atoms with van der Waals surface area (Å²) in [6.07, 6.45) is 4.49. The lowest BCUT2D eigenvalue weighted by Crippen LogP contribution is -1.98. The lowest BCUT2D eigenvalue weighted by Gasteiger charge is -2.06. The maximum absolute atomic E-state index is 5.99. The summed E-state index contributed by atoms with van der Waals surface area (Å²) >= 11 is 5.59. The second-order valence-corrected chi connectivity index (χ2v) is 6.73. The Kier molecular flexibility index (Phi) is 3.11. The molecule has 94 valence electrons. The Bertz CT molecular complexity index is 590. The van der Waals surface area contributed by atoms with E-state index in [1.54, 1.807) is 4.68 Å². The molecule has 0 unspecified atom stereocenters. The first-order valence-corrected chi connectivity index (χ1v) is 7.56. The average molecular weight is 324 g/mol. The number of nitrogen functional groups attached to an aromatic ring is 1. The predicted molar refractivity (Wildman–Crippen MR) is 79.6 cm³/mol. The van der Waals surface area contributed by atoms with Gasteiger partial charge in [-0.25, -0.2) is 0 Å². The highest BCUT2D eigenvalue weighted by atomic mass is 79.9. The SMILES string of the molecule is Cn1ncc(-c2ccc(SC3CC3)c(Br)c2)c1N. The van der Waals surface area contributed by atoms with Crippen molar-refractivity contribution in [3.8, 4) is 11.1 Å². The molecule has 1 aliphatic rings. The lowest BCUT2D eigenvalue weighted by atomic mass is 10.1. The highest BCUT2D eigenvalue weighted by molar-refractivity contribution is 9.10. The van der Waals surface area contributed by atoms with Crippen LogP contribution >= 0.6 is 27.7 Å². The van der Waals surface area contributed by atoms with E-state index in [0.29, 0.717) is 5.82 Å². The number of rotatable bonds is 3. The number of aryl methyl sites for hydroxylation is 1. The van der Waals surface area contributed by atoms with E-state index < -0.39 is 0 Å². The first kappa shape index (κ1) is 12.1. The van der Waals surface area contributed by atoms with Gasteiger partial charge in [-0.2, -0.15) is 5.10 Å². The van der Waals surface area contributed by atoms with Crippen LogP contribution in [0.3, 0.4) is 0 Å². The number of benzene rings is 1. The zero-order chi connectivity index (χ0) is 12.7. The molecule has 1 fully saturated rings. The minimum absolute atomic E-state index is 0.699. The molecule has 18 heavy (non-hydrogen) atoms. The molecule has 0 saturated heterocycles. The number of anilines is 1. The fraction of sp³-hybridized carbons (Fsp3) is 0.308. The van der Waals surface area contributed by atoms with Gasteiger partial charge in [-0.1, -0.05) is 6.07 Å². The van der Waals surface area contributed by atoms with E-state index in [0.717, 1.165) is 20.8 Å². The molecule has 0 spiro atoms. The van der Waals surface area contributed by atoms with Gasteiger partial charge in [0.25, 0.3) is 0 Å². The third-order valence-electron chi connectivity index (χ3n) is 3.05. The van der Waals surface area contributed by atoms with E-state index in [-0.39, 0.29) is 0 Å². The van der Waals surface area contributed by atoms with E-state index in [9.17, 15) is 0 Å². The van der Waals surface area contributed by atoms with Crippen LogP contribution in [0.4, 0.5) is 5.82 Å². The largest absolute Gasteiger partial charge is 0.383 e. The Morgan fingerprint density at radius 2 is 2.22 bits per heavy atom. The number of hydrogen-bond donors (Lipinski definition) is 1. The molecule has 1 heterocycles. The molecule has 0 amide bonds. The molecule has 0 aliphatic heterocycles. The zero-order valence-electron chi connectivity index (χ0n) is 10.1. The van der Waals surface area contributed by atoms with Crippen LogP contribution in [-0.4, -0.2) is 15.0 Å². The minimum Gasteiger partial charge on any atom is -0.383 e. The Labute approximate surface area is 119 Å². The second-order valence-electron chi connectivity index (χ2n) is 4.53. The molecule has 1 aromatic carbocycles. The van der Waals surface area contributed by atoms with Gasteiger partial charge in [0, 0.05) is 27.2 Å². The van der Waals surface area contributed by atoms with Crippen molar-refractivity contribution >= 4 is 33.5 Å². The van der Waals surface area contributed by atoms with Gasteiger partial charge in [0.1, 0.15) is 5.82 Å². The van der Waals surface area contributed by atoms with Crippen molar-refractivity contribution in [2.75, 3.05) is 5.73 Å². The first-order valence-electron chi connectivity index (χ1n) is 5.89. The third kappa shape index (κ3) is 2.29. The highest BCUT2D eigenvalue weighted by Crippen LogP contribution is 2.43. The van der Waals surface area contributed by atoms with Crippen LogP contribution in [0.5, 0.6) is 0 Å². The molecular formula is C13H14BrN3S. The number of nitrogens with zero attached hydrogens (tertiary/aromatic N) is 2. The van der Waals surface area contributed by atoms with Gasteiger partial charge in [-0.05, 0) is 46.5 Å². The highest BCUT2D eigenvalue weighted by Gasteiger charge is 2.23. The number of hydrogen-bond acceptors (Lipinski definition) is 3. The number of aromatic nitrogens is 2. The molecule has 3 rings (SSSR count). The Morgan fingerprint density at radius 3 is 2.78 bits per heavy atom. The fourth-order valence-corrected chi connectivity index (χ4v) is 3.51. The molecule has 0 radical (unpaired) electrons. The molecule has 1 aromatic heterocycles. The van der Waals surface area contributed by atoms with Crippen LogP contribution in [0.25, 0.3) is 11.1 Å². The van der Waals surface area contributed by atoms with Crippen molar-refractivity contribution in [3.63, 3.8) is 0 Å². The topological polar surface area (TPSA) is 43.8 Å². The van der Waals surface area contributed by atoms with Gasteiger partial charge in [0.05, 0.1) is 6.20 Å². The molecule has 5 heteroatoms. The van der Waals surface area contributed by atoms with Gasteiger partial charge < -0.3 is 5.73 Å². The van der Waals surface area contributed by atoms with Crippen LogP contribution in [0.15, 0.2) is 33.8 Å². The average Bonchev–Trinajstić information content (AvgIpc) is 3.10. The molecule has 2 N–H and O–H groups in total. The summed E-state index contributed by atoms with van der Waals surface area (Å²) in [5.74, 6) is 0.699. The molecule has 1 saturated carbocycles. The van der Waals surface area contributed by atoms with E-state index in [2.05, 4.69) is 39.2 Å². The van der Waals surface area contributed by atoms with Crippen molar-refractivity contribution in [3.05, 3.63) is 28.9 Å². The Morgan fingerprint density at radius 1 is 1.44 bits per heavy atom. The second kappa shape index (κ2) is 4.63. The van der Waals surface area contributed by atoms with E-state index in [4.69, 9.17) is 5.73 Å². The molecular weight excluding hydrogens is 310 g/mol.